The van der Waals surface area contributed by atoms with Gasteiger partial charge in [0.25, 0.3) is 5.91 Å². The zero-order valence-electron chi connectivity index (χ0n) is 18.9. The average molecular weight is 439 g/mol. The lowest BCUT2D eigenvalue weighted by Gasteiger charge is -2.15. The first-order valence-corrected chi connectivity index (χ1v) is 11.2. The molecule has 0 aliphatic carbocycles. The summed E-state index contributed by atoms with van der Waals surface area (Å²) < 4.78 is 14.8. The van der Waals surface area contributed by atoms with Gasteiger partial charge in [0.2, 0.25) is 0 Å². The van der Waals surface area contributed by atoms with E-state index in [1.807, 2.05) is 45.0 Å². The molecular weight excluding hydrogens is 408 g/mol. The molecule has 4 rings (SSSR count). The first-order chi connectivity index (χ1) is 15.4. The minimum Gasteiger partial charge on any atom is -0.489 e. The summed E-state index contributed by atoms with van der Waals surface area (Å²) in [6, 6.07) is 9.53. The lowest BCUT2D eigenvalue weighted by atomic mass is 10.1. The van der Waals surface area contributed by atoms with Crippen LogP contribution in [0.5, 0.6) is 5.75 Å². The minimum absolute atomic E-state index is 0.0408. The van der Waals surface area contributed by atoms with Gasteiger partial charge in [0.15, 0.2) is 5.76 Å². The fraction of sp³-hybridized carbons (Fsp3) is 0.458. The first kappa shape index (κ1) is 21.9. The van der Waals surface area contributed by atoms with Crippen molar-refractivity contribution in [3.05, 3.63) is 69.3 Å². The fourth-order valence-corrected chi connectivity index (χ4v) is 3.96. The molecule has 8 nitrogen and oxygen atoms in total. The molecule has 1 atom stereocenters. The maximum absolute atomic E-state index is 12.8. The monoisotopic (exact) mass is 438 g/mol. The summed E-state index contributed by atoms with van der Waals surface area (Å²) in [5.74, 6) is 2.26. The predicted molar refractivity (Wildman–Crippen MR) is 120 cm³/mol. The van der Waals surface area contributed by atoms with E-state index in [-0.39, 0.29) is 23.4 Å². The van der Waals surface area contributed by atoms with Gasteiger partial charge in [-0.3, -0.25) is 9.36 Å². The third-order valence-corrected chi connectivity index (χ3v) is 5.85. The lowest BCUT2D eigenvalue weighted by Crippen LogP contribution is -2.35. The van der Waals surface area contributed by atoms with E-state index in [2.05, 4.69) is 10.4 Å². The molecule has 2 aromatic heterocycles. The molecule has 170 valence electrons. The van der Waals surface area contributed by atoms with Crippen LogP contribution in [-0.2, 0) is 26.1 Å². The quantitative estimate of drug-likeness (QED) is 0.611. The van der Waals surface area contributed by atoms with E-state index < -0.39 is 0 Å². The molecule has 1 unspecified atom stereocenters. The van der Waals surface area contributed by atoms with Gasteiger partial charge in [-0.15, -0.1) is 0 Å². The number of rotatable bonds is 7. The van der Waals surface area contributed by atoms with Crippen molar-refractivity contribution >= 4 is 5.91 Å². The number of ether oxygens (including phenoxy) is 1. The van der Waals surface area contributed by atoms with Gasteiger partial charge in [0.05, 0.1) is 0 Å². The van der Waals surface area contributed by atoms with Gasteiger partial charge in [0, 0.05) is 31.1 Å². The summed E-state index contributed by atoms with van der Waals surface area (Å²) >= 11 is 0. The summed E-state index contributed by atoms with van der Waals surface area (Å²) in [6.07, 6.45) is 2.94. The molecular formula is C24H30N4O4. The van der Waals surface area contributed by atoms with Crippen LogP contribution >= 0.6 is 0 Å². The van der Waals surface area contributed by atoms with Crippen LogP contribution in [0.4, 0.5) is 0 Å². The highest BCUT2D eigenvalue weighted by atomic mass is 16.5. The van der Waals surface area contributed by atoms with Crippen LogP contribution in [0.15, 0.2) is 39.5 Å². The van der Waals surface area contributed by atoms with Crippen molar-refractivity contribution in [3.8, 4) is 5.75 Å². The van der Waals surface area contributed by atoms with Gasteiger partial charge in [0.1, 0.15) is 23.9 Å². The molecule has 1 aliphatic heterocycles. The number of furan rings is 1. The number of fused-ring (bicyclic) bond motifs is 1. The number of aromatic nitrogens is 3. The molecule has 3 aromatic rings. The molecule has 8 heteroatoms. The largest absolute Gasteiger partial charge is 0.489 e. The summed E-state index contributed by atoms with van der Waals surface area (Å²) in [6.45, 7) is 7.40. The van der Waals surface area contributed by atoms with Gasteiger partial charge in [-0.2, -0.15) is 5.10 Å². The Labute approximate surface area is 187 Å². The number of benzene rings is 1. The van der Waals surface area contributed by atoms with Crippen LogP contribution in [0, 0.1) is 13.8 Å². The molecule has 0 fully saturated rings. The molecule has 0 saturated heterocycles. The minimum atomic E-state index is -0.248. The zero-order chi connectivity index (χ0) is 22.7. The van der Waals surface area contributed by atoms with Crippen LogP contribution < -0.4 is 15.7 Å². The van der Waals surface area contributed by atoms with Crippen LogP contribution in [0.3, 0.4) is 0 Å². The van der Waals surface area contributed by atoms with Gasteiger partial charge in [-0.25, -0.2) is 9.48 Å². The molecule has 1 aliphatic rings. The number of aryl methyl sites for hydroxylation is 4. The first-order valence-electron chi connectivity index (χ1n) is 11.2. The number of hydrogen-bond donors (Lipinski definition) is 1. The zero-order valence-corrected chi connectivity index (χ0v) is 18.9. The number of amides is 1. The molecule has 1 aromatic carbocycles. The molecule has 1 amide bonds. The second-order valence-corrected chi connectivity index (χ2v) is 8.37. The van der Waals surface area contributed by atoms with Crippen molar-refractivity contribution in [3.63, 3.8) is 0 Å². The molecule has 0 saturated carbocycles. The number of carbonyl (C=O) groups is 1. The van der Waals surface area contributed by atoms with Crippen molar-refractivity contribution in [1.82, 2.24) is 19.7 Å². The topological polar surface area (TPSA) is 91.3 Å². The molecule has 0 spiro atoms. The standard InChI is InChI=1S/C24H30N4O4/c1-4-12-28-24(30)27-13-11-19(7-10-22(27)26-28)25-23(29)21-14-18(17(3)32-21)15-31-20-8-5-16(2)6-9-20/h5-6,8-9,14,19H,4,7,10-13,15H2,1-3H3,(H,25,29). The predicted octanol–water partition coefficient (Wildman–Crippen LogP) is 3.38. The van der Waals surface area contributed by atoms with Crippen LogP contribution in [0.2, 0.25) is 0 Å². The summed E-state index contributed by atoms with van der Waals surface area (Å²) in [7, 11) is 0. The highest BCUT2D eigenvalue weighted by molar-refractivity contribution is 5.92. The van der Waals surface area contributed by atoms with E-state index >= 15 is 0 Å². The van der Waals surface area contributed by atoms with Crippen molar-refractivity contribution in [2.24, 2.45) is 0 Å². The lowest BCUT2D eigenvalue weighted by molar-refractivity contribution is 0.0903. The Morgan fingerprint density at radius 2 is 2.03 bits per heavy atom. The van der Waals surface area contributed by atoms with E-state index in [0.717, 1.165) is 30.0 Å². The second-order valence-electron chi connectivity index (χ2n) is 8.37. The van der Waals surface area contributed by atoms with Gasteiger partial charge in [-0.05, 0) is 51.3 Å². The molecule has 1 N–H and O–H groups in total. The van der Waals surface area contributed by atoms with Crippen molar-refractivity contribution < 1.29 is 13.9 Å². The number of nitrogens with one attached hydrogen (secondary N) is 1. The summed E-state index contributed by atoms with van der Waals surface area (Å²) in [5, 5.41) is 7.52. The third-order valence-electron chi connectivity index (χ3n) is 5.85. The van der Waals surface area contributed by atoms with Crippen LogP contribution in [0.1, 0.15) is 59.5 Å². The van der Waals surface area contributed by atoms with E-state index in [1.54, 1.807) is 15.3 Å². The van der Waals surface area contributed by atoms with Crippen LogP contribution in [-0.4, -0.2) is 26.3 Å². The maximum atomic E-state index is 12.8. The Morgan fingerprint density at radius 1 is 1.25 bits per heavy atom. The average Bonchev–Trinajstić information content (AvgIpc) is 3.21. The molecule has 32 heavy (non-hydrogen) atoms. The molecule has 0 radical (unpaired) electrons. The van der Waals surface area contributed by atoms with E-state index in [4.69, 9.17) is 9.15 Å². The third kappa shape index (κ3) is 4.79. The Kier molecular flexibility index (Phi) is 6.48. The molecule has 3 heterocycles. The SMILES string of the molecule is CCCn1nc2n(c1=O)CCC(NC(=O)c1cc(COc3ccc(C)cc3)c(C)o1)CC2. The maximum Gasteiger partial charge on any atom is 0.345 e. The number of nitrogens with zero attached hydrogens (tertiary/aromatic N) is 3. The van der Waals surface area contributed by atoms with Crippen LogP contribution in [0.25, 0.3) is 0 Å². The van der Waals surface area contributed by atoms with Gasteiger partial charge >= 0.3 is 5.69 Å². The summed E-state index contributed by atoms with van der Waals surface area (Å²) in [4.78, 5) is 25.3. The number of carbonyl (C=O) groups excluding carboxylic acids is 1. The van der Waals surface area contributed by atoms with E-state index in [9.17, 15) is 9.59 Å². The van der Waals surface area contributed by atoms with E-state index in [1.165, 1.54) is 5.56 Å². The summed E-state index contributed by atoms with van der Waals surface area (Å²) in [5.41, 5.74) is 1.95. The van der Waals surface area contributed by atoms with Crippen molar-refractivity contribution in [2.75, 3.05) is 0 Å². The Hall–Kier alpha value is -3.29. The molecule has 0 bridgehead atoms. The highest BCUT2D eigenvalue weighted by Crippen LogP contribution is 2.20. The van der Waals surface area contributed by atoms with Crippen molar-refractivity contribution in [1.29, 1.82) is 0 Å². The second kappa shape index (κ2) is 9.46. The van der Waals surface area contributed by atoms with Crippen molar-refractivity contribution in [2.45, 2.75) is 72.2 Å². The normalized spacial score (nSPS) is 15.8. The van der Waals surface area contributed by atoms with Gasteiger partial charge in [-0.1, -0.05) is 24.6 Å². The van der Waals surface area contributed by atoms with E-state index in [0.29, 0.717) is 38.3 Å². The highest BCUT2D eigenvalue weighted by Gasteiger charge is 2.24. The fourth-order valence-electron chi connectivity index (χ4n) is 3.96. The van der Waals surface area contributed by atoms with Gasteiger partial charge < -0.3 is 14.5 Å². The Balaban J connectivity index is 1.35. The number of hydrogen-bond acceptors (Lipinski definition) is 5. The Bertz CT molecular complexity index is 1140. The smallest absolute Gasteiger partial charge is 0.345 e. The Morgan fingerprint density at radius 3 is 2.78 bits per heavy atom.